The highest BCUT2D eigenvalue weighted by Crippen LogP contribution is 2.30. The zero-order valence-electron chi connectivity index (χ0n) is 13.9. The van der Waals surface area contributed by atoms with E-state index in [-0.39, 0.29) is 24.8 Å². The van der Waals surface area contributed by atoms with Crippen LogP contribution in [0.3, 0.4) is 0 Å². The molecule has 0 bridgehead atoms. The van der Waals surface area contributed by atoms with E-state index in [2.05, 4.69) is 5.32 Å². The Morgan fingerprint density at radius 1 is 1.12 bits per heavy atom. The zero-order chi connectivity index (χ0) is 18.4. The number of ether oxygens (including phenoxy) is 1. The molecule has 25 heavy (non-hydrogen) atoms. The van der Waals surface area contributed by atoms with Gasteiger partial charge in [-0.25, -0.2) is 0 Å². The Labute approximate surface area is 156 Å². The van der Waals surface area contributed by atoms with Gasteiger partial charge in [-0.1, -0.05) is 35.3 Å². The lowest BCUT2D eigenvalue weighted by atomic mass is 10.2. The van der Waals surface area contributed by atoms with Crippen LogP contribution in [0.4, 0.5) is 11.4 Å². The zero-order valence-corrected chi connectivity index (χ0v) is 15.4. The number of halogens is 2. The molecule has 0 saturated carbocycles. The number of carbonyl (C=O) groups excluding carboxylic acids is 2. The molecule has 0 aliphatic carbocycles. The minimum absolute atomic E-state index is 0.0956. The lowest BCUT2D eigenvalue weighted by Crippen LogP contribution is -2.32. The van der Waals surface area contributed by atoms with Gasteiger partial charge in [0.1, 0.15) is 5.75 Å². The molecule has 2 amide bonds. The molecule has 2 aromatic rings. The average molecular weight is 381 g/mol. The number of nitrogens with zero attached hydrogens (tertiary/aromatic N) is 1. The SMILES string of the molecule is COc1cccc(N(CCC(=O)Nc2c(Cl)cccc2Cl)C(C)=O)c1. The molecule has 0 saturated heterocycles. The third-order valence-corrected chi connectivity index (χ3v) is 4.16. The molecule has 5 nitrogen and oxygen atoms in total. The van der Waals surface area contributed by atoms with Crippen molar-refractivity contribution in [1.82, 2.24) is 0 Å². The highest BCUT2D eigenvalue weighted by molar-refractivity contribution is 6.39. The number of nitrogens with one attached hydrogen (secondary N) is 1. The van der Waals surface area contributed by atoms with Crippen molar-refractivity contribution in [3.63, 3.8) is 0 Å². The van der Waals surface area contributed by atoms with Crippen molar-refractivity contribution >= 4 is 46.4 Å². The third kappa shape index (κ3) is 5.11. The molecule has 0 fully saturated rings. The number of benzene rings is 2. The van der Waals surface area contributed by atoms with E-state index in [0.29, 0.717) is 27.2 Å². The normalized spacial score (nSPS) is 10.2. The summed E-state index contributed by atoms with van der Waals surface area (Å²) < 4.78 is 5.17. The summed E-state index contributed by atoms with van der Waals surface area (Å²) in [4.78, 5) is 25.7. The minimum Gasteiger partial charge on any atom is -0.497 e. The maximum Gasteiger partial charge on any atom is 0.226 e. The van der Waals surface area contributed by atoms with Gasteiger partial charge in [0.15, 0.2) is 0 Å². The van der Waals surface area contributed by atoms with Gasteiger partial charge in [0.2, 0.25) is 11.8 Å². The lowest BCUT2D eigenvalue weighted by Gasteiger charge is -2.21. The van der Waals surface area contributed by atoms with Gasteiger partial charge < -0.3 is 15.0 Å². The summed E-state index contributed by atoms with van der Waals surface area (Å²) in [5.74, 6) is 0.178. The molecule has 0 aliphatic heterocycles. The Kier molecular flexibility index (Phi) is 6.67. The van der Waals surface area contributed by atoms with Crippen LogP contribution in [-0.4, -0.2) is 25.5 Å². The number of anilines is 2. The van der Waals surface area contributed by atoms with Crippen LogP contribution < -0.4 is 15.0 Å². The number of methoxy groups -OCH3 is 1. The maximum absolute atomic E-state index is 12.2. The molecule has 0 atom stereocenters. The van der Waals surface area contributed by atoms with Crippen molar-refractivity contribution in [3.05, 3.63) is 52.5 Å². The van der Waals surface area contributed by atoms with Gasteiger partial charge in [-0.3, -0.25) is 9.59 Å². The monoisotopic (exact) mass is 380 g/mol. The quantitative estimate of drug-likeness (QED) is 0.808. The molecule has 7 heteroatoms. The molecule has 2 rings (SSSR count). The van der Waals surface area contributed by atoms with Gasteiger partial charge in [-0.2, -0.15) is 0 Å². The molecule has 0 unspecified atom stereocenters. The smallest absolute Gasteiger partial charge is 0.226 e. The van der Waals surface area contributed by atoms with Gasteiger partial charge in [0.05, 0.1) is 22.8 Å². The predicted molar refractivity (Wildman–Crippen MR) is 101 cm³/mol. The first kappa shape index (κ1) is 19.1. The van der Waals surface area contributed by atoms with Gasteiger partial charge in [0, 0.05) is 31.6 Å². The molecular formula is C18H18Cl2N2O3. The predicted octanol–water partition coefficient (Wildman–Crippen LogP) is 4.38. The number of amides is 2. The number of hydrogen-bond donors (Lipinski definition) is 1. The van der Waals surface area contributed by atoms with E-state index >= 15 is 0 Å². The van der Waals surface area contributed by atoms with Crippen LogP contribution in [0.15, 0.2) is 42.5 Å². The number of para-hydroxylation sites is 1. The molecule has 2 aromatic carbocycles. The van der Waals surface area contributed by atoms with Gasteiger partial charge in [0.25, 0.3) is 0 Å². The summed E-state index contributed by atoms with van der Waals surface area (Å²) in [6.45, 7) is 1.67. The maximum atomic E-state index is 12.2. The van der Waals surface area contributed by atoms with Crippen molar-refractivity contribution in [3.8, 4) is 5.75 Å². The van der Waals surface area contributed by atoms with E-state index in [4.69, 9.17) is 27.9 Å². The summed E-state index contributed by atoms with van der Waals surface area (Å²) >= 11 is 12.1. The van der Waals surface area contributed by atoms with E-state index in [9.17, 15) is 9.59 Å². The van der Waals surface area contributed by atoms with Crippen molar-refractivity contribution in [1.29, 1.82) is 0 Å². The molecule has 0 radical (unpaired) electrons. The molecule has 0 heterocycles. The minimum atomic E-state index is -0.288. The topological polar surface area (TPSA) is 58.6 Å². The van der Waals surface area contributed by atoms with Crippen LogP contribution in [-0.2, 0) is 9.59 Å². The molecule has 0 aromatic heterocycles. The van der Waals surface area contributed by atoms with Crippen molar-refractivity contribution in [2.45, 2.75) is 13.3 Å². The standard InChI is InChI=1S/C18H18Cl2N2O3/c1-12(23)22(13-5-3-6-14(11-13)25-2)10-9-17(24)21-18-15(19)7-4-8-16(18)20/h3-8,11H,9-10H2,1-2H3,(H,21,24). The summed E-state index contributed by atoms with van der Waals surface area (Å²) in [6.07, 6.45) is 0.0956. The Morgan fingerprint density at radius 3 is 2.36 bits per heavy atom. The van der Waals surface area contributed by atoms with Crippen LogP contribution in [0.25, 0.3) is 0 Å². The summed E-state index contributed by atoms with van der Waals surface area (Å²) in [6, 6.07) is 12.1. The van der Waals surface area contributed by atoms with Crippen LogP contribution in [0, 0.1) is 0 Å². The fourth-order valence-electron chi connectivity index (χ4n) is 2.28. The van der Waals surface area contributed by atoms with Crippen molar-refractivity contribution < 1.29 is 14.3 Å². The van der Waals surface area contributed by atoms with E-state index in [0.717, 1.165) is 0 Å². The fraction of sp³-hybridized carbons (Fsp3) is 0.222. The summed E-state index contributed by atoms with van der Waals surface area (Å²) in [5, 5.41) is 3.40. The molecule has 132 valence electrons. The largest absolute Gasteiger partial charge is 0.497 e. The highest BCUT2D eigenvalue weighted by Gasteiger charge is 2.15. The van der Waals surface area contributed by atoms with Gasteiger partial charge in [-0.05, 0) is 24.3 Å². The first-order valence-electron chi connectivity index (χ1n) is 7.58. The fourth-order valence-corrected chi connectivity index (χ4v) is 2.77. The molecular weight excluding hydrogens is 363 g/mol. The van der Waals surface area contributed by atoms with E-state index in [1.807, 2.05) is 0 Å². The molecule has 1 N–H and O–H groups in total. The van der Waals surface area contributed by atoms with Crippen molar-refractivity contribution in [2.24, 2.45) is 0 Å². The Morgan fingerprint density at radius 2 is 1.76 bits per heavy atom. The first-order chi connectivity index (χ1) is 11.9. The van der Waals surface area contributed by atoms with Gasteiger partial charge in [-0.15, -0.1) is 0 Å². The van der Waals surface area contributed by atoms with E-state index in [1.54, 1.807) is 49.6 Å². The Bertz CT molecular complexity index is 760. The van der Waals surface area contributed by atoms with E-state index in [1.165, 1.54) is 11.8 Å². The van der Waals surface area contributed by atoms with Crippen LogP contribution >= 0.6 is 23.2 Å². The average Bonchev–Trinajstić information content (AvgIpc) is 2.58. The molecule has 0 spiro atoms. The number of hydrogen-bond acceptors (Lipinski definition) is 3. The van der Waals surface area contributed by atoms with Gasteiger partial charge >= 0.3 is 0 Å². The van der Waals surface area contributed by atoms with Crippen LogP contribution in [0.1, 0.15) is 13.3 Å². The number of carbonyl (C=O) groups is 2. The summed E-state index contributed by atoms with van der Waals surface area (Å²) in [5.41, 5.74) is 1.03. The number of rotatable bonds is 6. The van der Waals surface area contributed by atoms with Crippen molar-refractivity contribution in [2.75, 3.05) is 23.9 Å². The third-order valence-electron chi connectivity index (χ3n) is 3.53. The molecule has 0 aliphatic rings. The second-order valence-corrected chi connectivity index (χ2v) is 6.08. The first-order valence-corrected chi connectivity index (χ1v) is 8.34. The van der Waals surface area contributed by atoms with Crippen LogP contribution in [0.5, 0.6) is 5.75 Å². The van der Waals surface area contributed by atoms with Crippen LogP contribution in [0.2, 0.25) is 10.0 Å². The Hall–Kier alpha value is -2.24. The second kappa shape index (κ2) is 8.74. The Balaban J connectivity index is 2.06. The second-order valence-electron chi connectivity index (χ2n) is 5.27. The highest BCUT2D eigenvalue weighted by atomic mass is 35.5. The summed E-state index contributed by atoms with van der Waals surface area (Å²) in [7, 11) is 1.55. The van der Waals surface area contributed by atoms with E-state index < -0.39 is 0 Å². The lowest BCUT2D eigenvalue weighted by molar-refractivity contribution is -0.117.